The molecule has 1 aliphatic carbocycles. The summed E-state index contributed by atoms with van der Waals surface area (Å²) in [5.74, 6) is 2.36. The molecule has 0 saturated heterocycles. The zero-order valence-electron chi connectivity index (χ0n) is 12.2. The van der Waals surface area contributed by atoms with Gasteiger partial charge in [0.05, 0.1) is 18.8 Å². The molecule has 2 aliphatic rings. The van der Waals surface area contributed by atoms with E-state index >= 15 is 0 Å². The second kappa shape index (κ2) is 5.65. The minimum absolute atomic E-state index is 0.684. The van der Waals surface area contributed by atoms with E-state index in [0.717, 1.165) is 55.1 Å². The summed E-state index contributed by atoms with van der Waals surface area (Å²) >= 11 is 0. The lowest BCUT2D eigenvalue weighted by molar-refractivity contribution is -0.0147. The summed E-state index contributed by atoms with van der Waals surface area (Å²) in [5.41, 5.74) is 0.299. The van der Waals surface area contributed by atoms with E-state index in [-0.39, 0.29) is 0 Å². The summed E-state index contributed by atoms with van der Waals surface area (Å²) in [6.07, 6.45) is 6.06. The van der Waals surface area contributed by atoms with E-state index in [1.54, 1.807) is 0 Å². The highest BCUT2D eigenvalue weighted by Gasteiger charge is 2.34. The summed E-state index contributed by atoms with van der Waals surface area (Å²) in [6.45, 7) is 3.63. The Balaban J connectivity index is 1.81. The van der Waals surface area contributed by atoms with Gasteiger partial charge in [-0.1, -0.05) is 19.4 Å². The fourth-order valence-electron chi connectivity index (χ4n) is 3.30. The number of hydrogen-bond donors (Lipinski definition) is 1. The van der Waals surface area contributed by atoms with Crippen LogP contribution >= 0.6 is 0 Å². The number of rotatable bonds is 2. The summed E-state index contributed by atoms with van der Waals surface area (Å²) in [4.78, 5) is 0. The lowest BCUT2D eigenvalue weighted by Gasteiger charge is -2.36. The summed E-state index contributed by atoms with van der Waals surface area (Å²) in [7, 11) is 0. The number of aliphatic hydroxyl groups is 1. The van der Waals surface area contributed by atoms with E-state index < -0.39 is 5.60 Å². The topological polar surface area (TPSA) is 38.7 Å². The van der Waals surface area contributed by atoms with Gasteiger partial charge in [0.2, 0.25) is 0 Å². The van der Waals surface area contributed by atoms with Crippen LogP contribution < -0.4 is 9.47 Å². The van der Waals surface area contributed by atoms with E-state index in [4.69, 9.17) is 9.47 Å². The monoisotopic (exact) mass is 276 g/mol. The summed E-state index contributed by atoms with van der Waals surface area (Å²) in [5, 5.41) is 10.9. The number of hydrogen-bond acceptors (Lipinski definition) is 3. The molecule has 1 fully saturated rings. The fraction of sp³-hybridized carbons (Fsp3) is 0.647. The Hall–Kier alpha value is -1.22. The minimum Gasteiger partial charge on any atom is -0.490 e. The van der Waals surface area contributed by atoms with Gasteiger partial charge in [-0.15, -0.1) is 0 Å². The molecule has 1 aromatic carbocycles. The Morgan fingerprint density at radius 3 is 2.55 bits per heavy atom. The average Bonchev–Trinajstić information content (AvgIpc) is 2.72. The quantitative estimate of drug-likeness (QED) is 0.896. The Labute approximate surface area is 120 Å². The zero-order valence-corrected chi connectivity index (χ0v) is 12.2. The molecule has 0 aromatic heterocycles. The van der Waals surface area contributed by atoms with E-state index in [1.807, 2.05) is 18.2 Å². The van der Waals surface area contributed by atoms with Crippen molar-refractivity contribution in [3.63, 3.8) is 0 Å². The minimum atomic E-state index is -0.684. The predicted octanol–water partition coefficient (Wildman–Crippen LogP) is 3.64. The van der Waals surface area contributed by atoms with Crippen LogP contribution in [0.15, 0.2) is 18.2 Å². The Bertz CT molecular complexity index is 461. The Kier molecular flexibility index (Phi) is 3.88. The molecule has 0 radical (unpaired) electrons. The molecule has 1 saturated carbocycles. The molecule has 3 heteroatoms. The maximum atomic E-state index is 10.9. The van der Waals surface area contributed by atoms with Gasteiger partial charge in [-0.25, -0.2) is 0 Å². The second-order valence-electron chi connectivity index (χ2n) is 6.10. The van der Waals surface area contributed by atoms with Gasteiger partial charge in [0, 0.05) is 6.42 Å². The van der Waals surface area contributed by atoms with Crippen molar-refractivity contribution in [1.82, 2.24) is 0 Å². The highest BCUT2D eigenvalue weighted by molar-refractivity contribution is 5.45. The van der Waals surface area contributed by atoms with Gasteiger partial charge in [-0.05, 0) is 49.3 Å². The van der Waals surface area contributed by atoms with Gasteiger partial charge >= 0.3 is 0 Å². The van der Waals surface area contributed by atoms with E-state index in [1.165, 1.54) is 6.42 Å². The predicted molar refractivity (Wildman–Crippen MR) is 78.2 cm³/mol. The number of benzene rings is 1. The maximum Gasteiger partial charge on any atom is 0.161 e. The van der Waals surface area contributed by atoms with Crippen LogP contribution in [0.4, 0.5) is 0 Å². The molecule has 3 nitrogen and oxygen atoms in total. The summed E-state index contributed by atoms with van der Waals surface area (Å²) in [6, 6.07) is 5.92. The normalized spacial score (nSPS) is 29.8. The number of ether oxygens (including phenoxy) is 2. The molecule has 0 amide bonds. The van der Waals surface area contributed by atoms with Crippen LogP contribution in [0.25, 0.3) is 0 Å². The van der Waals surface area contributed by atoms with Gasteiger partial charge in [0.15, 0.2) is 11.5 Å². The van der Waals surface area contributed by atoms with Gasteiger partial charge in [-0.2, -0.15) is 0 Å². The second-order valence-corrected chi connectivity index (χ2v) is 6.10. The third-order valence-corrected chi connectivity index (χ3v) is 4.79. The molecule has 0 spiro atoms. The van der Waals surface area contributed by atoms with Gasteiger partial charge in [-0.3, -0.25) is 0 Å². The van der Waals surface area contributed by atoms with E-state index in [0.29, 0.717) is 13.2 Å². The molecular formula is C17H24O3. The third-order valence-electron chi connectivity index (χ3n) is 4.79. The Morgan fingerprint density at radius 2 is 1.85 bits per heavy atom. The molecule has 1 heterocycles. The average molecular weight is 276 g/mol. The fourth-order valence-corrected chi connectivity index (χ4v) is 3.30. The highest BCUT2D eigenvalue weighted by Crippen LogP contribution is 2.43. The largest absolute Gasteiger partial charge is 0.490 e. The molecule has 0 bridgehead atoms. The maximum absolute atomic E-state index is 10.9. The molecule has 1 aliphatic heterocycles. The van der Waals surface area contributed by atoms with E-state index in [9.17, 15) is 5.11 Å². The first-order valence-corrected chi connectivity index (χ1v) is 7.84. The molecule has 20 heavy (non-hydrogen) atoms. The van der Waals surface area contributed by atoms with Gasteiger partial charge in [0.1, 0.15) is 0 Å². The van der Waals surface area contributed by atoms with E-state index in [2.05, 4.69) is 6.92 Å². The van der Waals surface area contributed by atoms with Crippen LogP contribution in [0.1, 0.15) is 51.0 Å². The standard InChI is InChI=1S/C17H24O3/c1-2-13-6-8-17(18,9-7-13)14-4-5-15-16(12-14)20-11-3-10-19-15/h4-5,12-13,18H,2-3,6-11H2,1H3. The van der Waals surface area contributed by atoms with Gasteiger partial charge in [0.25, 0.3) is 0 Å². The van der Waals surface area contributed by atoms with Crippen LogP contribution in [0.2, 0.25) is 0 Å². The van der Waals surface area contributed by atoms with Crippen LogP contribution in [0.3, 0.4) is 0 Å². The molecule has 3 rings (SSSR count). The van der Waals surface area contributed by atoms with Crippen LogP contribution in [-0.4, -0.2) is 18.3 Å². The van der Waals surface area contributed by atoms with Crippen molar-refractivity contribution in [2.75, 3.05) is 13.2 Å². The van der Waals surface area contributed by atoms with Crippen molar-refractivity contribution in [2.45, 2.75) is 51.0 Å². The first-order chi connectivity index (χ1) is 9.71. The van der Waals surface area contributed by atoms with Crippen molar-refractivity contribution in [3.8, 4) is 11.5 Å². The smallest absolute Gasteiger partial charge is 0.161 e. The molecule has 1 aromatic rings. The molecule has 110 valence electrons. The first kappa shape index (κ1) is 13.7. The Morgan fingerprint density at radius 1 is 1.15 bits per heavy atom. The van der Waals surface area contributed by atoms with Crippen molar-refractivity contribution in [3.05, 3.63) is 23.8 Å². The van der Waals surface area contributed by atoms with Crippen molar-refractivity contribution >= 4 is 0 Å². The molecule has 1 N–H and O–H groups in total. The van der Waals surface area contributed by atoms with Crippen molar-refractivity contribution < 1.29 is 14.6 Å². The highest BCUT2D eigenvalue weighted by atomic mass is 16.5. The van der Waals surface area contributed by atoms with Gasteiger partial charge < -0.3 is 14.6 Å². The number of fused-ring (bicyclic) bond motifs is 1. The van der Waals surface area contributed by atoms with Crippen LogP contribution in [-0.2, 0) is 5.60 Å². The van der Waals surface area contributed by atoms with Crippen LogP contribution in [0.5, 0.6) is 11.5 Å². The van der Waals surface area contributed by atoms with Crippen molar-refractivity contribution in [1.29, 1.82) is 0 Å². The third kappa shape index (κ3) is 2.64. The SMILES string of the molecule is CCC1CCC(O)(c2ccc3c(c2)OCCCO3)CC1. The first-order valence-electron chi connectivity index (χ1n) is 7.84. The molecule has 0 unspecified atom stereocenters. The van der Waals surface area contributed by atoms with Crippen LogP contribution in [0, 0.1) is 5.92 Å². The molecule has 0 atom stereocenters. The summed E-state index contributed by atoms with van der Waals surface area (Å²) < 4.78 is 11.4. The van der Waals surface area contributed by atoms with Crippen molar-refractivity contribution in [2.24, 2.45) is 5.92 Å². The molecular weight excluding hydrogens is 252 g/mol. The zero-order chi connectivity index (χ0) is 14.0. The lowest BCUT2D eigenvalue weighted by Crippen LogP contribution is -2.31. The lowest BCUT2D eigenvalue weighted by atomic mass is 9.74.